The van der Waals surface area contributed by atoms with E-state index in [9.17, 15) is 4.79 Å². The number of carboxylic acid groups (broad SMARTS) is 1. The third kappa shape index (κ3) is 4.89. The summed E-state index contributed by atoms with van der Waals surface area (Å²) in [7, 11) is 0. The second-order valence-corrected chi connectivity index (χ2v) is 2.29. The Morgan fingerprint density at radius 2 is 2.46 bits per heavy atom. The molecule has 0 saturated heterocycles. The maximum absolute atomic E-state index is 10.2. The van der Waals surface area contributed by atoms with Crippen molar-refractivity contribution in [2.24, 2.45) is 5.11 Å². The third-order valence-corrected chi connectivity index (χ3v) is 1.28. The number of azide groups is 1. The number of amides is 1. The van der Waals surface area contributed by atoms with Gasteiger partial charge in [0.25, 0.3) is 0 Å². The number of nitrogens with one attached hydrogen (secondary N) is 1. The van der Waals surface area contributed by atoms with Gasteiger partial charge in [0.2, 0.25) is 0 Å². The van der Waals surface area contributed by atoms with E-state index in [-0.39, 0.29) is 0 Å². The predicted octanol–water partition coefficient (Wildman–Crippen LogP) is 1.32. The molecule has 0 rings (SSSR count). The molecule has 2 N–H and O–H groups in total. The minimum atomic E-state index is -1.18. The van der Waals surface area contributed by atoms with Crippen molar-refractivity contribution in [3.63, 3.8) is 0 Å². The highest BCUT2D eigenvalue weighted by Crippen LogP contribution is 2.01. The number of hydrogen-bond donors (Lipinski definition) is 2. The zero-order chi connectivity index (χ0) is 10.3. The van der Waals surface area contributed by atoms with Crippen LogP contribution in [-0.2, 0) is 4.74 Å². The van der Waals surface area contributed by atoms with Crippen LogP contribution in [0.15, 0.2) is 5.11 Å². The van der Waals surface area contributed by atoms with Gasteiger partial charge in [-0.3, -0.25) is 0 Å². The molecular formula is C6H12N4O3. The van der Waals surface area contributed by atoms with Crippen LogP contribution < -0.4 is 5.32 Å². The molecule has 13 heavy (non-hydrogen) atoms. The summed E-state index contributed by atoms with van der Waals surface area (Å²) < 4.78 is 5.00. The van der Waals surface area contributed by atoms with Crippen LogP contribution in [0, 0.1) is 0 Å². The lowest BCUT2D eigenvalue weighted by Crippen LogP contribution is -2.40. The van der Waals surface area contributed by atoms with Crippen LogP contribution in [0.2, 0.25) is 0 Å². The van der Waals surface area contributed by atoms with E-state index in [0.717, 1.165) is 0 Å². The fraction of sp³-hybridized carbons (Fsp3) is 0.833. The second kappa shape index (κ2) is 6.10. The summed E-state index contributed by atoms with van der Waals surface area (Å²) in [6.07, 6.45) is -1.98. The number of carbonyl (C=O) groups is 1. The summed E-state index contributed by atoms with van der Waals surface area (Å²) in [5.41, 5.74) is 8.15. The van der Waals surface area contributed by atoms with E-state index in [1.165, 1.54) is 0 Å². The van der Waals surface area contributed by atoms with Gasteiger partial charge in [-0.05, 0) is 19.4 Å². The SMILES string of the molecule is CCOC(N=[N+]=[N-])C(C)NC(=O)O. The molecule has 0 aliphatic rings. The lowest BCUT2D eigenvalue weighted by molar-refractivity contribution is 0.0440. The lowest BCUT2D eigenvalue weighted by Gasteiger charge is -2.18. The number of ether oxygens (including phenoxy) is 1. The summed E-state index contributed by atoms with van der Waals surface area (Å²) in [6.45, 7) is 3.64. The Hall–Kier alpha value is -1.46. The van der Waals surface area contributed by atoms with E-state index in [4.69, 9.17) is 15.4 Å². The Kier molecular flexibility index (Phi) is 5.42. The molecule has 1 amide bonds. The van der Waals surface area contributed by atoms with Crippen molar-refractivity contribution < 1.29 is 14.6 Å². The van der Waals surface area contributed by atoms with E-state index in [1.807, 2.05) is 0 Å². The van der Waals surface area contributed by atoms with Crippen LogP contribution in [0.1, 0.15) is 13.8 Å². The van der Waals surface area contributed by atoms with Crippen LogP contribution in [-0.4, -0.2) is 30.1 Å². The molecule has 0 aromatic heterocycles. The fourth-order valence-corrected chi connectivity index (χ4v) is 0.765. The normalized spacial score (nSPS) is 14.0. The molecule has 0 bridgehead atoms. The van der Waals surface area contributed by atoms with Crippen LogP contribution in [0.4, 0.5) is 4.79 Å². The van der Waals surface area contributed by atoms with Gasteiger partial charge in [0.05, 0.1) is 6.04 Å². The molecule has 0 radical (unpaired) electrons. The Morgan fingerprint density at radius 1 is 1.85 bits per heavy atom. The molecule has 0 saturated carbocycles. The Morgan fingerprint density at radius 3 is 2.85 bits per heavy atom. The highest BCUT2D eigenvalue weighted by Gasteiger charge is 2.17. The molecule has 0 spiro atoms. The molecule has 74 valence electrons. The zero-order valence-corrected chi connectivity index (χ0v) is 7.47. The van der Waals surface area contributed by atoms with Gasteiger partial charge in [-0.15, -0.1) is 0 Å². The van der Waals surface area contributed by atoms with Gasteiger partial charge in [-0.1, -0.05) is 5.11 Å². The van der Waals surface area contributed by atoms with Crippen molar-refractivity contribution in [1.29, 1.82) is 0 Å². The Bertz CT molecular complexity index is 214. The van der Waals surface area contributed by atoms with Crippen molar-refractivity contribution >= 4 is 6.09 Å². The first-order chi connectivity index (χ1) is 6.11. The average molecular weight is 188 g/mol. The van der Waals surface area contributed by atoms with E-state index in [0.29, 0.717) is 6.61 Å². The van der Waals surface area contributed by atoms with Crippen molar-refractivity contribution in [1.82, 2.24) is 5.32 Å². The Labute approximate surface area is 75.3 Å². The van der Waals surface area contributed by atoms with Gasteiger partial charge >= 0.3 is 6.09 Å². The topological polar surface area (TPSA) is 107 Å². The summed E-state index contributed by atoms with van der Waals surface area (Å²) in [5.74, 6) is 0. The van der Waals surface area contributed by atoms with Crippen LogP contribution >= 0.6 is 0 Å². The predicted molar refractivity (Wildman–Crippen MR) is 45.2 cm³/mol. The molecule has 2 atom stereocenters. The summed E-state index contributed by atoms with van der Waals surface area (Å²) in [4.78, 5) is 12.8. The standard InChI is InChI=1S/C6H12N4O3/c1-3-13-5(9-10-7)4(2)8-6(11)12/h4-5,8H,3H2,1-2H3,(H,11,12). The molecular weight excluding hydrogens is 176 g/mol. The average Bonchev–Trinajstić information content (AvgIpc) is 2.02. The van der Waals surface area contributed by atoms with Crippen LogP contribution in [0.3, 0.4) is 0 Å². The first-order valence-electron chi connectivity index (χ1n) is 3.77. The molecule has 0 heterocycles. The van der Waals surface area contributed by atoms with Crippen molar-refractivity contribution in [3.05, 3.63) is 10.4 Å². The quantitative estimate of drug-likeness (QED) is 0.385. The van der Waals surface area contributed by atoms with Gasteiger partial charge < -0.3 is 15.2 Å². The molecule has 7 heteroatoms. The fourth-order valence-electron chi connectivity index (χ4n) is 0.765. The summed E-state index contributed by atoms with van der Waals surface area (Å²) in [6, 6.07) is -0.562. The first-order valence-corrected chi connectivity index (χ1v) is 3.77. The Balaban J connectivity index is 4.17. The van der Waals surface area contributed by atoms with Gasteiger partial charge in [-0.2, -0.15) is 0 Å². The molecule has 0 fully saturated rings. The highest BCUT2D eigenvalue weighted by atomic mass is 16.5. The summed E-state index contributed by atoms with van der Waals surface area (Å²) in [5, 5.41) is 13.8. The smallest absolute Gasteiger partial charge is 0.404 e. The molecule has 0 aliphatic carbocycles. The van der Waals surface area contributed by atoms with Crippen molar-refractivity contribution in [3.8, 4) is 0 Å². The van der Waals surface area contributed by atoms with Gasteiger partial charge in [0, 0.05) is 11.5 Å². The van der Waals surface area contributed by atoms with E-state index in [2.05, 4.69) is 15.3 Å². The molecule has 2 unspecified atom stereocenters. The van der Waals surface area contributed by atoms with E-state index >= 15 is 0 Å². The minimum Gasteiger partial charge on any atom is -0.465 e. The summed E-state index contributed by atoms with van der Waals surface area (Å²) >= 11 is 0. The van der Waals surface area contributed by atoms with Crippen LogP contribution in [0.5, 0.6) is 0 Å². The minimum absolute atomic E-state index is 0.356. The zero-order valence-electron chi connectivity index (χ0n) is 7.47. The number of nitrogens with zero attached hydrogens (tertiary/aromatic N) is 3. The molecule has 0 aliphatic heterocycles. The maximum Gasteiger partial charge on any atom is 0.404 e. The van der Waals surface area contributed by atoms with Crippen LogP contribution in [0.25, 0.3) is 10.4 Å². The lowest BCUT2D eigenvalue weighted by atomic mass is 10.3. The largest absolute Gasteiger partial charge is 0.465 e. The maximum atomic E-state index is 10.2. The molecule has 0 aromatic rings. The van der Waals surface area contributed by atoms with Gasteiger partial charge in [0.15, 0.2) is 6.23 Å². The second-order valence-electron chi connectivity index (χ2n) is 2.29. The number of hydrogen-bond acceptors (Lipinski definition) is 3. The first kappa shape index (κ1) is 11.5. The monoisotopic (exact) mass is 188 g/mol. The van der Waals surface area contributed by atoms with E-state index < -0.39 is 18.4 Å². The third-order valence-electron chi connectivity index (χ3n) is 1.28. The van der Waals surface area contributed by atoms with Crippen molar-refractivity contribution in [2.75, 3.05) is 6.61 Å². The molecule has 7 nitrogen and oxygen atoms in total. The highest BCUT2D eigenvalue weighted by molar-refractivity contribution is 5.64. The van der Waals surface area contributed by atoms with Gasteiger partial charge in [-0.25, -0.2) is 4.79 Å². The molecule has 0 aromatic carbocycles. The van der Waals surface area contributed by atoms with E-state index in [1.54, 1.807) is 13.8 Å². The van der Waals surface area contributed by atoms with Crippen molar-refractivity contribution in [2.45, 2.75) is 26.1 Å². The van der Waals surface area contributed by atoms with Gasteiger partial charge in [0.1, 0.15) is 0 Å². The number of rotatable bonds is 5.